The number of hydrogen-bond donors (Lipinski definition) is 1. The van der Waals surface area contributed by atoms with E-state index in [-0.39, 0.29) is 11.0 Å². The lowest BCUT2D eigenvalue weighted by molar-refractivity contribution is 0.112. The summed E-state index contributed by atoms with van der Waals surface area (Å²) in [5, 5.41) is 4.45. The van der Waals surface area contributed by atoms with Crippen molar-refractivity contribution in [2.45, 2.75) is 26.3 Å². The van der Waals surface area contributed by atoms with E-state index in [1.807, 2.05) is 46.8 Å². The molecule has 1 saturated carbocycles. The number of nitrogens with one attached hydrogen (secondary N) is 1. The van der Waals surface area contributed by atoms with Gasteiger partial charge in [0, 0.05) is 24.1 Å². The average Bonchev–Trinajstić information content (AvgIpc) is 3.68. The number of benzene rings is 2. The summed E-state index contributed by atoms with van der Waals surface area (Å²) in [5.74, 6) is 0.315. The van der Waals surface area contributed by atoms with Crippen LogP contribution in [0.3, 0.4) is 0 Å². The monoisotopic (exact) mass is 521 g/mol. The van der Waals surface area contributed by atoms with Crippen LogP contribution < -0.4 is 19.9 Å². The summed E-state index contributed by atoms with van der Waals surface area (Å²) in [6, 6.07) is 16.5. The van der Waals surface area contributed by atoms with Crippen LogP contribution in [0.15, 0.2) is 65.6 Å². The molecule has 37 heavy (non-hydrogen) atoms. The zero-order valence-corrected chi connectivity index (χ0v) is 21.7. The molecule has 2 aliphatic rings. The van der Waals surface area contributed by atoms with Gasteiger partial charge in [0.05, 0.1) is 38.1 Å². The molecule has 2 fully saturated rings. The minimum absolute atomic E-state index is 0.122. The second-order valence-electron chi connectivity index (χ2n) is 9.86. The highest BCUT2D eigenvalue weighted by Gasteiger charge is 2.39. The van der Waals surface area contributed by atoms with E-state index < -0.39 is 11.5 Å². The molecule has 1 unspecified atom stereocenters. The summed E-state index contributed by atoms with van der Waals surface area (Å²) in [6.45, 7) is 5.32. The van der Waals surface area contributed by atoms with Crippen LogP contribution in [0.25, 0.3) is 5.69 Å². The van der Waals surface area contributed by atoms with E-state index in [9.17, 15) is 14.1 Å². The fourth-order valence-corrected chi connectivity index (χ4v) is 5.22. The molecular weight excluding hydrogens is 490 g/mol. The minimum atomic E-state index is -1.38. The number of aromatic nitrogens is 2. The Morgan fingerprint density at radius 3 is 2.57 bits per heavy atom. The maximum Gasteiger partial charge on any atom is 0.316 e. The van der Waals surface area contributed by atoms with Crippen molar-refractivity contribution in [3.8, 4) is 11.4 Å². The second-order valence-corrected chi connectivity index (χ2v) is 11.2. The van der Waals surface area contributed by atoms with Gasteiger partial charge in [-0.2, -0.15) is 9.78 Å². The third-order valence-corrected chi connectivity index (χ3v) is 8.11. The molecular formula is C27H31N5O4S. The molecule has 0 spiro atoms. The first-order valence-electron chi connectivity index (χ1n) is 12.5. The van der Waals surface area contributed by atoms with Crippen molar-refractivity contribution in [2.24, 2.45) is 5.41 Å². The molecule has 1 aromatic heterocycles. The zero-order chi connectivity index (χ0) is 25.8. The maximum atomic E-state index is 13.5. The van der Waals surface area contributed by atoms with Crippen molar-refractivity contribution < 1.29 is 14.1 Å². The van der Waals surface area contributed by atoms with Crippen LogP contribution in [0.5, 0.6) is 5.75 Å². The Morgan fingerprint density at radius 2 is 1.86 bits per heavy atom. The number of ether oxygens (including phenoxy) is 1. The van der Waals surface area contributed by atoms with Gasteiger partial charge in [-0.25, -0.2) is 0 Å². The summed E-state index contributed by atoms with van der Waals surface area (Å²) in [6.07, 6.45) is 4.69. The first kappa shape index (κ1) is 25.5. The Kier molecular flexibility index (Phi) is 7.61. The van der Waals surface area contributed by atoms with Gasteiger partial charge in [0.25, 0.3) is 0 Å². The van der Waals surface area contributed by atoms with Crippen LogP contribution in [0.4, 0.5) is 5.69 Å². The fourth-order valence-electron chi connectivity index (χ4n) is 4.25. The molecule has 1 atom stereocenters. The van der Waals surface area contributed by atoms with Crippen LogP contribution in [0.1, 0.15) is 35.7 Å². The van der Waals surface area contributed by atoms with Gasteiger partial charge < -0.3 is 14.2 Å². The third kappa shape index (κ3) is 6.04. The van der Waals surface area contributed by atoms with Crippen molar-refractivity contribution in [1.82, 2.24) is 18.8 Å². The van der Waals surface area contributed by atoms with E-state index >= 15 is 0 Å². The highest BCUT2D eigenvalue weighted by atomic mass is 32.2. The van der Waals surface area contributed by atoms with Crippen molar-refractivity contribution >= 4 is 23.5 Å². The SMILES string of the molecule is CC1(COc2c(N3CCN([S+]([O-])NCc4cccc(C=O)c4)CC3)cnn(-c3ccccc3)c2=O)CC1. The number of carbonyl (C=O) groups excluding carboxylic acids is 1. The van der Waals surface area contributed by atoms with Gasteiger partial charge in [-0.1, -0.05) is 43.3 Å². The van der Waals surface area contributed by atoms with Gasteiger partial charge in [-0.15, -0.1) is 9.03 Å². The summed E-state index contributed by atoms with van der Waals surface area (Å²) in [7, 11) is 0. The molecule has 0 amide bonds. The quantitative estimate of drug-likeness (QED) is 0.321. The number of para-hydroxylation sites is 1. The lowest BCUT2D eigenvalue weighted by Crippen LogP contribution is -2.52. The van der Waals surface area contributed by atoms with Crippen LogP contribution in [-0.4, -0.2) is 57.7 Å². The Hall–Kier alpha value is -3.18. The molecule has 0 radical (unpaired) electrons. The molecule has 2 heterocycles. The van der Waals surface area contributed by atoms with Gasteiger partial charge >= 0.3 is 5.56 Å². The van der Waals surface area contributed by atoms with Crippen LogP contribution in [0.2, 0.25) is 0 Å². The fraction of sp³-hybridized carbons (Fsp3) is 0.370. The average molecular weight is 522 g/mol. The molecule has 1 aliphatic heterocycles. The molecule has 0 bridgehead atoms. The molecule has 10 heteroatoms. The Morgan fingerprint density at radius 1 is 1.11 bits per heavy atom. The summed E-state index contributed by atoms with van der Waals surface area (Å²) in [5.41, 5.74) is 2.69. The molecule has 9 nitrogen and oxygen atoms in total. The first-order valence-corrected chi connectivity index (χ1v) is 13.6. The molecule has 1 saturated heterocycles. The predicted octanol–water partition coefficient (Wildman–Crippen LogP) is 2.71. The normalized spacial score (nSPS) is 17.8. The molecule has 194 valence electrons. The van der Waals surface area contributed by atoms with Crippen molar-refractivity contribution in [3.63, 3.8) is 0 Å². The van der Waals surface area contributed by atoms with Crippen molar-refractivity contribution in [2.75, 3.05) is 37.7 Å². The van der Waals surface area contributed by atoms with Gasteiger partial charge in [0.15, 0.2) is 0 Å². The van der Waals surface area contributed by atoms with E-state index in [0.29, 0.717) is 62.0 Å². The Balaban J connectivity index is 1.27. The van der Waals surface area contributed by atoms with Gasteiger partial charge in [0.2, 0.25) is 5.75 Å². The molecule has 5 rings (SSSR count). The summed E-state index contributed by atoms with van der Waals surface area (Å²) >= 11 is -1.38. The summed E-state index contributed by atoms with van der Waals surface area (Å²) < 4.78 is 25.3. The minimum Gasteiger partial charge on any atom is -0.579 e. The van der Waals surface area contributed by atoms with Crippen LogP contribution in [0, 0.1) is 5.41 Å². The number of rotatable bonds is 10. The highest BCUT2D eigenvalue weighted by Crippen LogP contribution is 2.45. The molecule has 2 aromatic carbocycles. The van der Waals surface area contributed by atoms with Gasteiger partial charge in [-0.3, -0.25) is 9.59 Å². The van der Waals surface area contributed by atoms with Crippen molar-refractivity contribution in [1.29, 1.82) is 0 Å². The number of nitrogens with zero attached hydrogens (tertiary/aromatic N) is 4. The van der Waals surface area contributed by atoms with Gasteiger partial charge in [0.1, 0.15) is 23.5 Å². The number of anilines is 1. The zero-order valence-electron chi connectivity index (χ0n) is 20.8. The Bertz CT molecular complexity index is 1290. The number of piperazine rings is 1. The standard InChI is InChI=1S/C27H31N5O4S/c1-27(10-11-27)20-36-25-24(18-28-32(26(25)34)23-8-3-2-4-9-23)30-12-14-31(15-13-30)37(35)29-17-21-6-5-7-22(16-21)19-33/h2-9,16,18-19,29H,10-15,17,20H2,1H3. The van der Waals surface area contributed by atoms with Crippen LogP contribution in [-0.2, 0) is 18.1 Å². The molecule has 3 aromatic rings. The largest absolute Gasteiger partial charge is 0.579 e. The smallest absolute Gasteiger partial charge is 0.316 e. The maximum absolute atomic E-state index is 13.5. The third-order valence-electron chi connectivity index (χ3n) is 6.88. The van der Waals surface area contributed by atoms with Crippen LogP contribution >= 0.6 is 0 Å². The number of aldehydes is 1. The van der Waals surface area contributed by atoms with E-state index in [1.54, 1.807) is 18.3 Å². The highest BCUT2D eigenvalue weighted by molar-refractivity contribution is 7.87. The predicted molar refractivity (Wildman–Crippen MR) is 143 cm³/mol. The van der Waals surface area contributed by atoms with E-state index in [1.165, 1.54) is 4.68 Å². The molecule has 1 aliphatic carbocycles. The lowest BCUT2D eigenvalue weighted by atomic mass is 10.1. The Labute approximate surface area is 219 Å². The summed E-state index contributed by atoms with van der Waals surface area (Å²) in [4.78, 5) is 26.5. The van der Waals surface area contributed by atoms with E-state index in [2.05, 4.69) is 21.6 Å². The van der Waals surface area contributed by atoms with Crippen molar-refractivity contribution in [3.05, 3.63) is 82.3 Å². The number of hydrogen-bond acceptors (Lipinski definition) is 8. The lowest BCUT2D eigenvalue weighted by Gasteiger charge is -2.35. The number of carbonyl (C=O) groups is 1. The van der Waals surface area contributed by atoms with E-state index in [4.69, 9.17) is 4.74 Å². The topological polar surface area (TPSA) is 103 Å². The first-order chi connectivity index (χ1) is 18.0. The molecule has 1 N–H and O–H groups in total. The van der Waals surface area contributed by atoms with E-state index in [0.717, 1.165) is 24.7 Å². The second kappa shape index (κ2) is 11.1. The van der Waals surface area contributed by atoms with Gasteiger partial charge in [-0.05, 0) is 36.6 Å².